The van der Waals surface area contributed by atoms with Crippen LogP contribution < -0.4 is 5.32 Å². The van der Waals surface area contributed by atoms with Gasteiger partial charge in [0.05, 0.1) is 6.04 Å². The molecule has 16 heavy (non-hydrogen) atoms. The van der Waals surface area contributed by atoms with Crippen LogP contribution in [0.25, 0.3) is 0 Å². The third-order valence-corrected chi connectivity index (χ3v) is 3.86. The van der Waals surface area contributed by atoms with Gasteiger partial charge in [0.2, 0.25) is 5.91 Å². The smallest absolute Gasteiger partial charge is 0.239 e. The van der Waals surface area contributed by atoms with E-state index in [1.807, 2.05) is 6.92 Å². The maximum Gasteiger partial charge on any atom is 0.239 e. The fourth-order valence-electron chi connectivity index (χ4n) is 2.51. The Labute approximate surface area is 98.6 Å². The first-order chi connectivity index (χ1) is 7.68. The molecule has 3 heteroatoms. The molecule has 2 fully saturated rings. The standard InChI is InChI=1S/C13H24N2O/c1-10-9-12(10)14-11(2)13(16)15-7-5-3-4-6-8-15/h10-12,14H,3-9H2,1-2H3. The van der Waals surface area contributed by atoms with Crippen LogP contribution in [0.4, 0.5) is 0 Å². The van der Waals surface area contributed by atoms with Crippen LogP contribution >= 0.6 is 0 Å². The summed E-state index contributed by atoms with van der Waals surface area (Å²) in [6, 6.07) is 0.596. The second-order valence-electron chi connectivity index (χ2n) is 5.45. The minimum atomic E-state index is 0.00745. The van der Waals surface area contributed by atoms with Gasteiger partial charge in [-0.1, -0.05) is 19.8 Å². The van der Waals surface area contributed by atoms with Crippen molar-refractivity contribution >= 4 is 5.91 Å². The first-order valence-electron chi connectivity index (χ1n) is 6.73. The Morgan fingerprint density at radius 2 is 1.81 bits per heavy atom. The van der Waals surface area contributed by atoms with Crippen molar-refractivity contribution in [2.24, 2.45) is 5.92 Å². The zero-order valence-corrected chi connectivity index (χ0v) is 10.5. The molecule has 0 aromatic carbocycles. The van der Waals surface area contributed by atoms with Gasteiger partial charge >= 0.3 is 0 Å². The molecule has 1 N–H and O–H groups in total. The van der Waals surface area contributed by atoms with Gasteiger partial charge in [-0.25, -0.2) is 0 Å². The Bertz CT molecular complexity index is 246. The summed E-state index contributed by atoms with van der Waals surface area (Å²) in [5.74, 6) is 1.07. The molecule has 0 spiro atoms. The van der Waals surface area contributed by atoms with Crippen molar-refractivity contribution in [3.05, 3.63) is 0 Å². The molecule has 2 aliphatic rings. The van der Waals surface area contributed by atoms with Gasteiger partial charge in [0.15, 0.2) is 0 Å². The highest BCUT2D eigenvalue weighted by molar-refractivity contribution is 5.81. The number of nitrogens with zero attached hydrogens (tertiary/aromatic N) is 1. The largest absolute Gasteiger partial charge is 0.341 e. The van der Waals surface area contributed by atoms with Crippen LogP contribution in [0.15, 0.2) is 0 Å². The Balaban J connectivity index is 1.80. The number of nitrogens with one attached hydrogen (secondary N) is 1. The van der Waals surface area contributed by atoms with Crippen molar-refractivity contribution in [3.8, 4) is 0 Å². The zero-order valence-electron chi connectivity index (χ0n) is 10.5. The molecule has 1 aliphatic carbocycles. The molecule has 1 heterocycles. The van der Waals surface area contributed by atoms with Crippen LogP contribution in [0.5, 0.6) is 0 Å². The number of hydrogen-bond donors (Lipinski definition) is 1. The van der Waals surface area contributed by atoms with Gasteiger partial charge in [0.1, 0.15) is 0 Å². The van der Waals surface area contributed by atoms with Crippen molar-refractivity contribution in [2.75, 3.05) is 13.1 Å². The summed E-state index contributed by atoms with van der Waals surface area (Å²) < 4.78 is 0. The Kier molecular flexibility index (Phi) is 3.85. The van der Waals surface area contributed by atoms with E-state index >= 15 is 0 Å². The van der Waals surface area contributed by atoms with Gasteiger partial charge in [0.25, 0.3) is 0 Å². The lowest BCUT2D eigenvalue weighted by Gasteiger charge is -2.24. The average Bonchev–Trinajstić information content (AvgIpc) is 3.00. The number of carbonyl (C=O) groups is 1. The second-order valence-corrected chi connectivity index (χ2v) is 5.45. The lowest BCUT2D eigenvalue weighted by molar-refractivity contribution is -0.133. The van der Waals surface area contributed by atoms with E-state index in [1.165, 1.54) is 32.1 Å². The molecule has 1 saturated carbocycles. The van der Waals surface area contributed by atoms with Gasteiger partial charge < -0.3 is 10.2 Å². The second kappa shape index (κ2) is 5.17. The zero-order chi connectivity index (χ0) is 11.5. The molecule has 3 nitrogen and oxygen atoms in total. The number of carbonyl (C=O) groups excluding carboxylic acids is 1. The van der Waals surface area contributed by atoms with Gasteiger partial charge in [-0.05, 0) is 32.1 Å². The SMILES string of the molecule is CC(NC1CC1C)C(=O)N1CCCCCC1. The topological polar surface area (TPSA) is 32.3 Å². The minimum Gasteiger partial charge on any atom is -0.341 e. The highest BCUT2D eigenvalue weighted by Crippen LogP contribution is 2.29. The molecule has 0 radical (unpaired) electrons. The first kappa shape index (κ1) is 11.9. The minimum absolute atomic E-state index is 0.00745. The summed E-state index contributed by atoms with van der Waals surface area (Å²) in [5.41, 5.74) is 0. The summed E-state index contributed by atoms with van der Waals surface area (Å²) in [4.78, 5) is 14.2. The van der Waals surface area contributed by atoms with E-state index in [2.05, 4.69) is 17.1 Å². The van der Waals surface area contributed by atoms with Crippen LogP contribution in [-0.2, 0) is 4.79 Å². The number of hydrogen-bond acceptors (Lipinski definition) is 2. The van der Waals surface area contributed by atoms with E-state index in [-0.39, 0.29) is 6.04 Å². The van der Waals surface area contributed by atoms with Crippen molar-refractivity contribution in [2.45, 2.75) is 58.0 Å². The number of amides is 1. The highest BCUT2D eigenvalue weighted by atomic mass is 16.2. The molecule has 0 bridgehead atoms. The van der Waals surface area contributed by atoms with E-state index in [9.17, 15) is 4.79 Å². The highest BCUT2D eigenvalue weighted by Gasteiger charge is 2.35. The van der Waals surface area contributed by atoms with Crippen LogP contribution in [-0.4, -0.2) is 36.0 Å². The van der Waals surface area contributed by atoms with Crippen LogP contribution in [0.2, 0.25) is 0 Å². The summed E-state index contributed by atoms with van der Waals surface area (Å²) in [5, 5.41) is 3.43. The molecule has 1 amide bonds. The fraction of sp³-hybridized carbons (Fsp3) is 0.923. The van der Waals surface area contributed by atoms with E-state index in [0.717, 1.165) is 19.0 Å². The Morgan fingerprint density at radius 1 is 1.25 bits per heavy atom. The summed E-state index contributed by atoms with van der Waals surface area (Å²) in [7, 11) is 0. The van der Waals surface area contributed by atoms with Crippen molar-refractivity contribution in [1.29, 1.82) is 0 Å². The molecule has 1 saturated heterocycles. The predicted octanol–water partition coefficient (Wildman–Crippen LogP) is 1.78. The van der Waals surface area contributed by atoms with E-state index in [0.29, 0.717) is 11.9 Å². The lowest BCUT2D eigenvalue weighted by Crippen LogP contribution is -2.46. The van der Waals surface area contributed by atoms with Gasteiger partial charge in [0, 0.05) is 19.1 Å². The van der Waals surface area contributed by atoms with Crippen LogP contribution in [0.1, 0.15) is 46.0 Å². The van der Waals surface area contributed by atoms with E-state index < -0.39 is 0 Å². The van der Waals surface area contributed by atoms with Crippen LogP contribution in [0, 0.1) is 5.92 Å². The first-order valence-corrected chi connectivity index (χ1v) is 6.73. The van der Waals surface area contributed by atoms with Gasteiger partial charge in [-0.3, -0.25) is 4.79 Å². The molecule has 3 atom stereocenters. The van der Waals surface area contributed by atoms with Gasteiger partial charge in [-0.15, -0.1) is 0 Å². The molecular weight excluding hydrogens is 200 g/mol. The third-order valence-electron chi connectivity index (χ3n) is 3.86. The quantitative estimate of drug-likeness (QED) is 0.792. The fourth-order valence-corrected chi connectivity index (χ4v) is 2.51. The summed E-state index contributed by atoms with van der Waals surface area (Å²) in [6.45, 7) is 6.18. The molecule has 2 rings (SSSR count). The number of rotatable bonds is 3. The monoisotopic (exact) mass is 224 g/mol. The molecule has 0 aromatic heterocycles. The van der Waals surface area contributed by atoms with Gasteiger partial charge in [-0.2, -0.15) is 0 Å². The maximum absolute atomic E-state index is 12.2. The van der Waals surface area contributed by atoms with Crippen LogP contribution in [0.3, 0.4) is 0 Å². The van der Waals surface area contributed by atoms with Crippen molar-refractivity contribution < 1.29 is 4.79 Å². The summed E-state index contributed by atoms with van der Waals surface area (Å²) >= 11 is 0. The van der Waals surface area contributed by atoms with Crippen molar-refractivity contribution in [3.63, 3.8) is 0 Å². The maximum atomic E-state index is 12.2. The lowest BCUT2D eigenvalue weighted by atomic mass is 10.2. The normalized spacial score (nSPS) is 32.0. The molecule has 1 aliphatic heterocycles. The average molecular weight is 224 g/mol. The summed E-state index contributed by atoms with van der Waals surface area (Å²) in [6.07, 6.45) is 6.16. The molecule has 0 aromatic rings. The third kappa shape index (κ3) is 2.97. The Hall–Kier alpha value is -0.570. The number of likely N-dealkylation sites (tertiary alicyclic amines) is 1. The molecular formula is C13H24N2O. The van der Waals surface area contributed by atoms with Crippen molar-refractivity contribution in [1.82, 2.24) is 10.2 Å². The van der Waals surface area contributed by atoms with E-state index in [1.54, 1.807) is 0 Å². The van der Waals surface area contributed by atoms with E-state index in [4.69, 9.17) is 0 Å². The Morgan fingerprint density at radius 3 is 2.31 bits per heavy atom. The predicted molar refractivity (Wildman–Crippen MR) is 65.2 cm³/mol. The molecule has 92 valence electrons. The molecule has 3 unspecified atom stereocenters.